The van der Waals surface area contributed by atoms with Gasteiger partial charge < -0.3 is 9.47 Å². The third-order valence-electron chi connectivity index (χ3n) is 6.72. The minimum Gasteiger partial charge on any atom is -0.317 e. The lowest BCUT2D eigenvalue weighted by atomic mass is 10.0. The highest BCUT2D eigenvalue weighted by Crippen LogP contribution is 2.35. The molecule has 8 heteroatoms. The maximum absolute atomic E-state index is 14.1. The third-order valence-corrected chi connectivity index (χ3v) is 6.98. The van der Waals surface area contributed by atoms with Crippen molar-refractivity contribution in [2.24, 2.45) is 0 Å². The maximum Gasteiger partial charge on any atom is 0.279 e. The fraction of sp³-hybridized carbons (Fsp3) is 0.200. The van der Waals surface area contributed by atoms with E-state index in [0.29, 0.717) is 46.8 Å². The quantitative estimate of drug-likeness (QED) is 0.261. The van der Waals surface area contributed by atoms with Crippen molar-refractivity contribution < 1.29 is 13.6 Å². The Balaban J connectivity index is 1.63. The number of alkyl halides is 2. The number of carbonyl (C=O) groups excluding carboxylic acids is 1. The highest BCUT2D eigenvalue weighted by Gasteiger charge is 2.37. The van der Waals surface area contributed by atoms with Crippen molar-refractivity contribution in [3.63, 3.8) is 0 Å². The molecule has 1 aromatic heterocycles. The second-order valence-electron chi connectivity index (χ2n) is 9.53. The molecule has 0 saturated carbocycles. The van der Waals surface area contributed by atoms with Crippen LogP contribution in [-0.4, -0.2) is 27.4 Å². The number of hydrogen-bond donors (Lipinski definition) is 0. The molecule has 1 amide bonds. The van der Waals surface area contributed by atoms with Crippen LogP contribution in [-0.2, 0) is 25.4 Å². The fourth-order valence-corrected chi connectivity index (χ4v) is 4.74. The molecule has 0 unspecified atom stereocenters. The smallest absolute Gasteiger partial charge is 0.279 e. The monoisotopic (exact) mass is 532 g/mol. The van der Waals surface area contributed by atoms with Crippen LogP contribution in [0, 0.1) is 0 Å². The van der Waals surface area contributed by atoms with Crippen molar-refractivity contribution in [1.82, 2.24) is 14.5 Å². The van der Waals surface area contributed by atoms with E-state index in [9.17, 15) is 13.6 Å². The Morgan fingerprint density at radius 1 is 0.921 bits per heavy atom. The molecular weight excluding hydrogens is 506 g/mol. The zero-order valence-corrected chi connectivity index (χ0v) is 21.9. The van der Waals surface area contributed by atoms with Crippen LogP contribution in [0.4, 0.5) is 14.6 Å². The topological polar surface area (TPSA) is 41.4 Å². The number of halogens is 3. The summed E-state index contributed by atoms with van der Waals surface area (Å²) in [5.74, 6) is -1.58. The number of benzene rings is 3. The van der Waals surface area contributed by atoms with Gasteiger partial charge in [0.1, 0.15) is 11.6 Å². The van der Waals surface area contributed by atoms with Crippen LogP contribution in [0.5, 0.6) is 0 Å². The van der Waals surface area contributed by atoms with Gasteiger partial charge in [-0.1, -0.05) is 78.8 Å². The van der Waals surface area contributed by atoms with E-state index in [1.165, 1.54) is 17.0 Å². The molecule has 5 nitrogen and oxygen atoms in total. The molecule has 1 aliphatic heterocycles. The van der Waals surface area contributed by atoms with Gasteiger partial charge in [0.15, 0.2) is 11.5 Å². The van der Waals surface area contributed by atoms with Crippen LogP contribution in [0.25, 0.3) is 0 Å². The molecule has 0 radical (unpaired) electrons. The summed E-state index contributed by atoms with van der Waals surface area (Å²) in [6, 6.07) is 23.6. The molecule has 2 heterocycles. The first-order chi connectivity index (χ1) is 18.1. The molecule has 0 N–H and O–H groups in total. The Labute approximate surface area is 225 Å². The summed E-state index contributed by atoms with van der Waals surface area (Å²) in [4.78, 5) is 22.0. The Morgan fingerprint density at radius 2 is 1.58 bits per heavy atom. The van der Waals surface area contributed by atoms with Crippen molar-refractivity contribution in [3.8, 4) is 0 Å². The van der Waals surface area contributed by atoms with Crippen LogP contribution in [0.1, 0.15) is 45.5 Å². The van der Waals surface area contributed by atoms with Gasteiger partial charge in [-0.15, -0.1) is 0 Å². The molecule has 0 saturated heterocycles. The Hall–Kier alpha value is -3.97. The number of amides is 1. The number of carbonyl (C=O) groups is 1. The third kappa shape index (κ3) is 5.07. The molecular formula is C30H27ClF2N4O. The number of aromatic nitrogens is 2. The van der Waals surface area contributed by atoms with E-state index < -0.39 is 5.92 Å². The van der Waals surface area contributed by atoms with Gasteiger partial charge in [0.05, 0.1) is 6.54 Å². The van der Waals surface area contributed by atoms with Crippen molar-refractivity contribution in [2.75, 3.05) is 11.9 Å². The average Bonchev–Trinajstić information content (AvgIpc) is 3.24. The van der Waals surface area contributed by atoms with E-state index in [2.05, 4.69) is 6.58 Å². The summed E-state index contributed by atoms with van der Waals surface area (Å²) >= 11 is 6.10. The highest BCUT2D eigenvalue weighted by molar-refractivity contribution is 6.30. The lowest BCUT2D eigenvalue weighted by Crippen LogP contribution is -2.42. The van der Waals surface area contributed by atoms with Gasteiger partial charge in [0, 0.05) is 37.5 Å². The molecule has 1 aliphatic rings. The van der Waals surface area contributed by atoms with Gasteiger partial charge in [-0.25, -0.2) is 13.8 Å². The summed E-state index contributed by atoms with van der Waals surface area (Å²) in [5.41, 5.74) is 3.01. The largest absolute Gasteiger partial charge is 0.317 e. The maximum atomic E-state index is 14.1. The van der Waals surface area contributed by atoms with Gasteiger partial charge in [0.25, 0.3) is 11.8 Å². The van der Waals surface area contributed by atoms with Gasteiger partial charge >= 0.3 is 0 Å². The van der Waals surface area contributed by atoms with Gasteiger partial charge in [-0.05, 0) is 34.9 Å². The number of imidazole rings is 1. The molecule has 38 heavy (non-hydrogen) atoms. The van der Waals surface area contributed by atoms with E-state index in [1.807, 2.05) is 51.9 Å². The molecule has 0 spiro atoms. The first-order valence-corrected chi connectivity index (χ1v) is 12.6. The summed E-state index contributed by atoms with van der Waals surface area (Å²) in [6.45, 7) is 5.88. The summed E-state index contributed by atoms with van der Waals surface area (Å²) in [5, 5.41) is 0.611. The number of fused-ring (bicyclic) bond motifs is 1. The number of anilines is 1. The molecule has 0 bridgehead atoms. The standard InChI is InChI=1S/C30H27ClF2N4O/c1-20-35(3)29(38)27-28(36(20)18-21-8-5-4-6-9-21)34-26(37(27)19-22-12-14-25(31)15-13-22)17-23-10-7-11-24(16-23)30(2,32)33/h4-16H,1,17-19H2,2-3H3. The van der Waals surface area contributed by atoms with E-state index in [-0.39, 0.29) is 17.9 Å². The number of hydrogen-bond acceptors (Lipinski definition) is 3. The minimum atomic E-state index is -2.96. The van der Waals surface area contributed by atoms with Gasteiger partial charge in [0.2, 0.25) is 0 Å². The lowest BCUT2D eigenvalue weighted by Gasteiger charge is -2.35. The zero-order valence-electron chi connectivity index (χ0n) is 21.2. The average molecular weight is 533 g/mol. The SMILES string of the molecule is C=C1N(C)C(=O)c2c(nc(Cc3cccc(C(C)(F)F)c3)n2Cc2ccc(Cl)cc2)N1Cc1ccccc1. The first-order valence-electron chi connectivity index (χ1n) is 12.2. The van der Waals surface area contributed by atoms with E-state index in [1.54, 1.807) is 31.3 Å². The summed E-state index contributed by atoms with van der Waals surface area (Å²) in [7, 11) is 1.69. The van der Waals surface area contributed by atoms with Crippen molar-refractivity contribution in [3.05, 3.63) is 130 Å². The van der Waals surface area contributed by atoms with Crippen LogP contribution in [0.15, 0.2) is 91.3 Å². The van der Waals surface area contributed by atoms with E-state index >= 15 is 0 Å². The highest BCUT2D eigenvalue weighted by atomic mass is 35.5. The fourth-order valence-electron chi connectivity index (χ4n) is 4.61. The molecule has 194 valence electrons. The van der Waals surface area contributed by atoms with Crippen LogP contribution in [0.3, 0.4) is 0 Å². The number of rotatable bonds is 7. The normalized spacial score (nSPS) is 13.7. The molecule has 3 aromatic carbocycles. The molecule has 5 rings (SSSR count). The second-order valence-corrected chi connectivity index (χ2v) is 9.97. The zero-order chi connectivity index (χ0) is 27.0. The molecule has 0 atom stereocenters. The van der Waals surface area contributed by atoms with Gasteiger partial charge in [-0.2, -0.15) is 0 Å². The van der Waals surface area contributed by atoms with Gasteiger partial charge in [-0.3, -0.25) is 9.69 Å². The Kier molecular flexibility index (Phi) is 6.80. The second kappa shape index (κ2) is 10.1. The van der Waals surface area contributed by atoms with Crippen LogP contribution >= 0.6 is 11.6 Å². The van der Waals surface area contributed by atoms with E-state index in [0.717, 1.165) is 18.1 Å². The summed E-state index contributed by atoms with van der Waals surface area (Å²) in [6.07, 6.45) is 0.271. The predicted molar refractivity (Wildman–Crippen MR) is 145 cm³/mol. The van der Waals surface area contributed by atoms with Crippen molar-refractivity contribution in [2.45, 2.75) is 32.4 Å². The van der Waals surface area contributed by atoms with Crippen molar-refractivity contribution in [1.29, 1.82) is 0 Å². The molecule has 0 fully saturated rings. The molecule has 4 aromatic rings. The summed E-state index contributed by atoms with van der Waals surface area (Å²) < 4.78 is 30.0. The van der Waals surface area contributed by atoms with E-state index in [4.69, 9.17) is 16.6 Å². The Bertz CT molecular complexity index is 1490. The lowest BCUT2D eigenvalue weighted by molar-refractivity contribution is 0.0174. The van der Waals surface area contributed by atoms with Crippen LogP contribution in [0.2, 0.25) is 5.02 Å². The minimum absolute atomic E-state index is 0.0644. The Morgan fingerprint density at radius 3 is 2.26 bits per heavy atom. The first kappa shape index (κ1) is 25.7. The number of nitrogens with zero attached hydrogens (tertiary/aromatic N) is 4. The molecule has 0 aliphatic carbocycles. The van der Waals surface area contributed by atoms with Crippen molar-refractivity contribution >= 4 is 23.3 Å². The van der Waals surface area contributed by atoms with Crippen LogP contribution < -0.4 is 4.90 Å². The predicted octanol–water partition coefficient (Wildman–Crippen LogP) is 6.85.